The van der Waals surface area contributed by atoms with E-state index in [1.165, 1.54) is 49.7 Å². The molecule has 30 heteroatoms. The number of nitrogens with one attached hydrogen (secondary N) is 6. The molecular weight excluding hydrogens is 1500 g/mol. The molecule has 2 heterocycles. The molecule has 1 fully saturated rings. The van der Waals surface area contributed by atoms with Crippen molar-refractivity contribution < 1.29 is 81.5 Å². The number of ether oxygens (including phenoxy) is 5. The maximum absolute atomic E-state index is 14.9. The summed E-state index contributed by atoms with van der Waals surface area (Å²) in [4.78, 5) is 160. The first-order valence-corrected chi connectivity index (χ1v) is 40.3. The topological polar surface area (TPSA) is 365 Å². The van der Waals surface area contributed by atoms with Gasteiger partial charge in [0, 0.05) is 56.9 Å². The van der Waals surface area contributed by atoms with Gasteiger partial charge in [-0.15, -0.1) is 0 Å². The van der Waals surface area contributed by atoms with E-state index in [1.54, 1.807) is 133 Å². The Morgan fingerprint density at radius 3 is 1.78 bits per heavy atom. The number of imide groups is 1. The molecule has 7 rings (SSSR count). The molecule has 9 N–H and O–H groups in total. The Kier molecular flexibility index (Phi) is 35.8. The second-order valence-corrected chi connectivity index (χ2v) is 31.8. The van der Waals surface area contributed by atoms with Gasteiger partial charge >= 0.3 is 12.1 Å². The van der Waals surface area contributed by atoms with Crippen LogP contribution in [0, 0.1) is 29.6 Å². The first kappa shape index (κ1) is 91.3. The molecule has 5 aromatic carbocycles. The van der Waals surface area contributed by atoms with E-state index in [2.05, 4.69) is 31.9 Å². The normalized spacial score (nSPS) is 16.5. The van der Waals surface area contributed by atoms with Crippen LogP contribution in [0.25, 0.3) is 0 Å². The Balaban J connectivity index is 0.889. The molecule has 0 aliphatic carbocycles. The fraction of sp³-hybridized carbons (Fsp3) is 0.488. The SMILES string of the molecule is CCC(C)[C@@H]([C@@H](CC(=O)N1CCC[C@H]1[C@H](OC)[C@@H](C)C(=O)N[C@H](C)[C@@H](O)c1ccccc1)OC)N(C)C(=O)[C@@H](NC(=O)[C@H](C(C)C)N(C)C(=O)OCc1ccc(NC(=O)[C@H](CCCNC(N)=O)NC(=O)[C@@H](NC(=O)COCCOc2ccc(N3C(=O)C(Sc4ccccc4)=C(Sc4ccccc4)C3=O)cc2)C(C)C)cc1)C(C)C. The number of aliphatic hydroxyl groups excluding tert-OH is 1. The predicted octanol–water partition coefficient (Wildman–Crippen LogP) is 9.36. The van der Waals surface area contributed by atoms with E-state index in [4.69, 9.17) is 29.4 Å². The van der Waals surface area contributed by atoms with Crippen molar-refractivity contribution in [2.24, 2.45) is 35.3 Å². The molecule has 2 aliphatic heterocycles. The van der Waals surface area contributed by atoms with Crippen LogP contribution >= 0.6 is 23.5 Å². The fourth-order valence-corrected chi connectivity index (χ4v) is 15.9. The lowest BCUT2D eigenvalue weighted by Gasteiger charge is -2.41. The fourth-order valence-electron chi connectivity index (χ4n) is 13.8. The minimum absolute atomic E-state index is 0.0179. The highest BCUT2D eigenvalue weighted by atomic mass is 32.2. The molecule has 5 aromatic rings. The second-order valence-electron chi connectivity index (χ2n) is 29.6. The number of benzene rings is 5. The van der Waals surface area contributed by atoms with Gasteiger partial charge in [0.05, 0.1) is 70.9 Å². The van der Waals surface area contributed by atoms with E-state index < -0.39 is 144 Å². The summed E-state index contributed by atoms with van der Waals surface area (Å²) >= 11 is 2.46. The van der Waals surface area contributed by atoms with E-state index in [9.17, 15) is 57.8 Å². The third kappa shape index (κ3) is 25.6. The summed E-state index contributed by atoms with van der Waals surface area (Å²) < 4.78 is 29.3. The molecule has 0 radical (unpaired) electrons. The third-order valence-electron chi connectivity index (χ3n) is 20.3. The number of anilines is 2. The van der Waals surface area contributed by atoms with Gasteiger partial charge < -0.3 is 76.2 Å². The summed E-state index contributed by atoms with van der Waals surface area (Å²) in [5, 5.41) is 27.6. The minimum atomic E-state index is -1.17. The largest absolute Gasteiger partial charge is 0.491 e. The number of nitrogens with zero attached hydrogens (tertiary/aromatic N) is 4. The molecule has 12 atom stereocenters. The summed E-state index contributed by atoms with van der Waals surface area (Å²) in [6.07, 6.45) is -1.21. The minimum Gasteiger partial charge on any atom is -0.491 e. The summed E-state index contributed by atoms with van der Waals surface area (Å²) in [6.45, 7) is 17.8. The molecule has 618 valence electrons. The molecule has 0 saturated carbocycles. The van der Waals surface area contributed by atoms with Crippen LogP contribution in [0.4, 0.5) is 21.0 Å². The van der Waals surface area contributed by atoms with Gasteiger partial charge in [-0.2, -0.15) is 0 Å². The highest BCUT2D eigenvalue weighted by molar-refractivity contribution is 8.08. The summed E-state index contributed by atoms with van der Waals surface area (Å²) in [6, 6.07) is 33.6. The molecule has 0 bridgehead atoms. The number of hydrogen-bond donors (Lipinski definition) is 8. The zero-order valence-corrected chi connectivity index (χ0v) is 69.2. The monoisotopic (exact) mass is 1610 g/mol. The lowest BCUT2D eigenvalue weighted by molar-refractivity contribution is -0.148. The van der Waals surface area contributed by atoms with Crippen LogP contribution < -0.4 is 47.3 Å². The zero-order valence-electron chi connectivity index (χ0n) is 67.6. The number of rotatable bonds is 43. The van der Waals surface area contributed by atoms with Crippen LogP contribution in [-0.2, 0) is 68.7 Å². The van der Waals surface area contributed by atoms with Crippen molar-refractivity contribution >= 4 is 100 Å². The van der Waals surface area contributed by atoms with Crippen LogP contribution in [0.1, 0.15) is 125 Å². The highest BCUT2D eigenvalue weighted by Crippen LogP contribution is 2.44. The summed E-state index contributed by atoms with van der Waals surface area (Å²) in [5.41, 5.74) is 7.13. The molecule has 12 amide bonds. The number of amides is 12. The molecule has 114 heavy (non-hydrogen) atoms. The van der Waals surface area contributed by atoms with Crippen molar-refractivity contribution in [1.82, 2.24) is 41.3 Å². The van der Waals surface area contributed by atoms with Crippen LogP contribution in [-0.4, -0.2) is 201 Å². The maximum Gasteiger partial charge on any atom is 0.410 e. The van der Waals surface area contributed by atoms with Crippen molar-refractivity contribution in [3.05, 3.63) is 160 Å². The predicted molar refractivity (Wildman–Crippen MR) is 436 cm³/mol. The number of aliphatic hydroxyl groups is 1. The molecule has 0 spiro atoms. The average molecular weight is 1610 g/mol. The summed E-state index contributed by atoms with van der Waals surface area (Å²) in [7, 11) is 6.07. The van der Waals surface area contributed by atoms with Gasteiger partial charge in [-0.25, -0.2) is 14.5 Å². The Bertz CT molecular complexity index is 4010. The van der Waals surface area contributed by atoms with E-state index in [-0.39, 0.29) is 63.4 Å². The Morgan fingerprint density at radius 1 is 0.649 bits per heavy atom. The first-order valence-electron chi connectivity index (χ1n) is 38.7. The van der Waals surface area contributed by atoms with Crippen molar-refractivity contribution in [1.29, 1.82) is 0 Å². The standard InChI is InChI=1S/C84H113N11O17S2/c1-15-53(8)71(65(108-13)47-67(97)94-44-26-34-64(94)73(109-14)54(9)76(99)87-55(10)72(98)57-27-19-16-20-28-57)92(11)80(103)69(51(4)5)91-79(102)70(52(6)7)93(12)84(107)112-48-56-35-37-58(38-36-56)88-77(100)63(33-25-43-86-83(85)106)89-78(101)68(50(2)3)90-66(96)49-110-45-46-111-60-41-39-59(40-42-60)95-81(104)74(113-61-29-21-17-22-30-61)75(82(95)105)114-62-31-23-18-24-32-62/h16-24,27-32,35-42,50-55,63-65,68-73,98H,15,25-26,33-34,43-49H2,1-14H3,(H,87,99)(H,88,100)(H,89,101)(H,90,96)(H,91,102)(H3,85,86,106)/t53?,54-,55-,63+,64+,65-,68+,69+,70+,71+,72-,73-/m1/s1. The number of carbonyl (C=O) groups is 11. The van der Waals surface area contributed by atoms with Gasteiger partial charge in [0.15, 0.2) is 0 Å². The highest BCUT2D eigenvalue weighted by Gasteiger charge is 2.45. The quantitative estimate of drug-likeness (QED) is 0.0133. The summed E-state index contributed by atoms with van der Waals surface area (Å²) in [5.74, 6) is -6.23. The molecule has 0 aromatic heterocycles. The van der Waals surface area contributed by atoms with Gasteiger partial charge in [-0.3, -0.25) is 48.1 Å². The number of likely N-dealkylation sites (tertiary alicyclic amines) is 1. The van der Waals surface area contributed by atoms with Gasteiger partial charge in [-0.05, 0) is 128 Å². The number of methoxy groups -OCH3 is 2. The van der Waals surface area contributed by atoms with Crippen LogP contribution in [0.15, 0.2) is 159 Å². The van der Waals surface area contributed by atoms with E-state index in [0.717, 1.165) is 14.7 Å². The maximum atomic E-state index is 14.9. The number of urea groups is 1. The number of primary amides is 1. The number of hydrogen-bond acceptors (Lipinski definition) is 19. The van der Waals surface area contributed by atoms with E-state index in [1.807, 2.05) is 92.7 Å². The van der Waals surface area contributed by atoms with Crippen LogP contribution in [0.5, 0.6) is 5.75 Å². The number of nitrogens with two attached hydrogens (primary N) is 1. The lowest BCUT2D eigenvalue weighted by atomic mass is 9.89. The van der Waals surface area contributed by atoms with Gasteiger partial charge in [0.25, 0.3) is 11.8 Å². The van der Waals surface area contributed by atoms with E-state index in [0.29, 0.717) is 63.9 Å². The number of likely N-dealkylation sites (N-methyl/N-ethyl adjacent to an activating group) is 2. The molecule has 28 nitrogen and oxygen atoms in total. The number of thioether (sulfide) groups is 2. The Labute approximate surface area is 677 Å². The molecule has 1 unspecified atom stereocenters. The molecule has 2 aliphatic rings. The Morgan fingerprint density at radius 2 is 1.24 bits per heavy atom. The Hall–Kier alpha value is -9.85. The third-order valence-corrected chi connectivity index (χ3v) is 22.6. The van der Waals surface area contributed by atoms with Gasteiger partial charge in [-0.1, -0.05) is 171 Å². The zero-order chi connectivity index (χ0) is 83.5. The lowest BCUT2D eigenvalue weighted by Crippen LogP contribution is -2.60. The van der Waals surface area contributed by atoms with Crippen molar-refractivity contribution in [2.75, 3.05) is 71.4 Å². The molecular formula is C84H113N11O17S2. The van der Waals surface area contributed by atoms with Crippen LogP contribution in [0.2, 0.25) is 0 Å². The number of carbonyl (C=O) groups excluding carboxylic acids is 11. The smallest absolute Gasteiger partial charge is 0.410 e. The van der Waals surface area contributed by atoms with Gasteiger partial charge in [0.1, 0.15) is 49.7 Å². The van der Waals surface area contributed by atoms with E-state index >= 15 is 0 Å². The second kappa shape index (κ2) is 44.7. The van der Waals surface area contributed by atoms with Crippen molar-refractivity contribution in [2.45, 2.75) is 185 Å². The van der Waals surface area contributed by atoms with Crippen molar-refractivity contribution in [3.63, 3.8) is 0 Å². The molecule has 1 saturated heterocycles. The van der Waals surface area contributed by atoms with Crippen molar-refractivity contribution in [3.8, 4) is 5.75 Å². The average Bonchev–Trinajstić information content (AvgIpc) is 1.62. The van der Waals surface area contributed by atoms with Gasteiger partial charge in [0.2, 0.25) is 41.4 Å². The van der Waals surface area contributed by atoms with Crippen LogP contribution in [0.3, 0.4) is 0 Å². The first-order chi connectivity index (χ1) is 54.4.